The number of anilines is 2. The molecule has 0 atom stereocenters. The Hall–Kier alpha value is -3.65. The number of furan rings is 1. The number of hydrogen-bond acceptors (Lipinski definition) is 6. The number of allylic oxidation sites excluding steroid dienone is 1. The Morgan fingerprint density at radius 3 is 2.85 bits per heavy atom. The summed E-state index contributed by atoms with van der Waals surface area (Å²) in [5, 5.41) is 7.11. The quantitative estimate of drug-likeness (QED) is 0.452. The van der Waals surface area contributed by atoms with Crippen molar-refractivity contribution in [3.05, 3.63) is 76.4 Å². The Bertz CT molecular complexity index is 1400. The first-order valence-electron chi connectivity index (χ1n) is 11.1. The minimum Gasteiger partial charge on any atom is -0.443 e. The maximum Gasteiger partial charge on any atom is 0.278 e. The van der Waals surface area contributed by atoms with Crippen molar-refractivity contribution in [3.8, 4) is 5.88 Å². The molecule has 0 aliphatic carbocycles. The lowest BCUT2D eigenvalue weighted by Gasteiger charge is -2.18. The first kappa shape index (κ1) is 21.2. The predicted octanol–water partition coefficient (Wildman–Crippen LogP) is 4.05. The van der Waals surface area contributed by atoms with Crippen molar-refractivity contribution in [1.82, 2.24) is 24.6 Å². The lowest BCUT2D eigenvalue weighted by atomic mass is 9.94. The van der Waals surface area contributed by atoms with E-state index in [0.717, 1.165) is 31.0 Å². The Morgan fingerprint density at radius 2 is 2.09 bits per heavy atom. The van der Waals surface area contributed by atoms with Crippen molar-refractivity contribution in [2.45, 2.75) is 45.7 Å². The Kier molecular flexibility index (Phi) is 5.17. The topological polar surface area (TPSA) is 89.9 Å². The highest BCUT2D eigenvalue weighted by molar-refractivity contribution is 5.77. The summed E-state index contributed by atoms with van der Waals surface area (Å²) in [5.41, 5.74) is 3.67. The zero-order valence-corrected chi connectivity index (χ0v) is 19.2. The molecular weight excluding hydrogens is 416 g/mol. The highest BCUT2D eigenvalue weighted by Gasteiger charge is 2.23. The van der Waals surface area contributed by atoms with E-state index in [1.807, 2.05) is 18.2 Å². The van der Waals surface area contributed by atoms with E-state index in [4.69, 9.17) is 9.40 Å². The van der Waals surface area contributed by atoms with Gasteiger partial charge in [-0.1, -0.05) is 32.9 Å². The fourth-order valence-corrected chi connectivity index (χ4v) is 4.13. The van der Waals surface area contributed by atoms with Crippen molar-refractivity contribution in [3.63, 3.8) is 0 Å². The highest BCUT2D eigenvalue weighted by atomic mass is 16.4. The molecule has 1 aliphatic heterocycles. The predicted molar refractivity (Wildman–Crippen MR) is 129 cm³/mol. The molecule has 1 aromatic carbocycles. The van der Waals surface area contributed by atoms with E-state index < -0.39 is 0 Å². The summed E-state index contributed by atoms with van der Waals surface area (Å²) in [5.74, 6) is 1.77. The van der Waals surface area contributed by atoms with E-state index >= 15 is 0 Å². The summed E-state index contributed by atoms with van der Waals surface area (Å²) in [6.07, 6.45) is 4.27. The molecule has 2 N–H and O–H groups in total. The largest absolute Gasteiger partial charge is 0.443 e. The molecule has 1 aliphatic rings. The molecule has 5 rings (SSSR count). The van der Waals surface area contributed by atoms with Gasteiger partial charge < -0.3 is 15.1 Å². The molecule has 0 radical (unpaired) electrons. The molecule has 0 saturated carbocycles. The average molecular weight is 445 g/mol. The first-order chi connectivity index (χ1) is 15.8. The molecule has 0 bridgehead atoms. The van der Waals surface area contributed by atoms with Crippen LogP contribution in [-0.4, -0.2) is 25.9 Å². The minimum atomic E-state index is -0.190. The van der Waals surface area contributed by atoms with Gasteiger partial charge in [-0.2, -0.15) is 9.67 Å². The Balaban J connectivity index is 1.59. The standard InChI is InChI=1S/C25H28N6O2/c1-5-12-30-23(32)19-15-27-24(28-18-7-6-16-10-11-26-14-17(16)13-18)29-22(19)31(30)21-9-8-20(33-21)25(2,3)4/h5-9,13,15,26H,1,10-12,14H2,2-4H3,(H,27,28,29). The molecule has 0 unspecified atom stereocenters. The van der Waals surface area contributed by atoms with Crippen molar-refractivity contribution in [1.29, 1.82) is 0 Å². The fraction of sp³-hybridized carbons (Fsp3) is 0.320. The molecule has 0 fully saturated rings. The van der Waals surface area contributed by atoms with Crippen LogP contribution in [-0.2, 0) is 24.9 Å². The summed E-state index contributed by atoms with van der Waals surface area (Å²) in [7, 11) is 0. The van der Waals surface area contributed by atoms with Crippen molar-refractivity contribution >= 4 is 22.7 Å². The van der Waals surface area contributed by atoms with Gasteiger partial charge in [0.25, 0.3) is 5.56 Å². The van der Waals surface area contributed by atoms with E-state index in [-0.39, 0.29) is 11.0 Å². The van der Waals surface area contributed by atoms with Gasteiger partial charge in [0.15, 0.2) is 5.65 Å². The minimum absolute atomic E-state index is 0.159. The van der Waals surface area contributed by atoms with E-state index in [9.17, 15) is 4.79 Å². The van der Waals surface area contributed by atoms with Crippen LogP contribution in [0, 0.1) is 0 Å². The lowest BCUT2D eigenvalue weighted by molar-refractivity contribution is 0.386. The monoisotopic (exact) mass is 444 g/mol. The molecule has 8 nitrogen and oxygen atoms in total. The van der Waals surface area contributed by atoms with Crippen LogP contribution in [0.25, 0.3) is 16.9 Å². The number of benzene rings is 1. The maximum atomic E-state index is 13.1. The van der Waals surface area contributed by atoms with Crippen LogP contribution in [0.1, 0.15) is 37.7 Å². The number of rotatable bonds is 5. The molecule has 33 heavy (non-hydrogen) atoms. The van der Waals surface area contributed by atoms with Gasteiger partial charge in [0.05, 0.1) is 6.54 Å². The summed E-state index contributed by atoms with van der Waals surface area (Å²) < 4.78 is 9.41. The fourth-order valence-electron chi connectivity index (χ4n) is 4.13. The second kappa shape index (κ2) is 8.04. The zero-order chi connectivity index (χ0) is 23.2. The van der Waals surface area contributed by atoms with E-state index in [2.05, 4.69) is 55.1 Å². The normalized spacial score (nSPS) is 13.8. The third-order valence-corrected chi connectivity index (χ3v) is 5.87. The van der Waals surface area contributed by atoms with Crippen molar-refractivity contribution in [2.24, 2.45) is 0 Å². The lowest BCUT2D eigenvalue weighted by Crippen LogP contribution is -2.23. The summed E-state index contributed by atoms with van der Waals surface area (Å²) in [6, 6.07) is 10.1. The van der Waals surface area contributed by atoms with Crippen LogP contribution >= 0.6 is 0 Å². The zero-order valence-electron chi connectivity index (χ0n) is 19.2. The second-order valence-corrected chi connectivity index (χ2v) is 9.34. The van der Waals surface area contributed by atoms with Crippen LogP contribution in [0.2, 0.25) is 0 Å². The Morgan fingerprint density at radius 1 is 1.24 bits per heavy atom. The van der Waals surface area contributed by atoms with Crippen LogP contribution in [0.5, 0.6) is 0 Å². The third kappa shape index (κ3) is 3.87. The van der Waals surface area contributed by atoms with Gasteiger partial charge in [-0.3, -0.25) is 4.79 Å². The van der Waals surface area contributed by atoms with Crippen LogP contribution < -0.4 is 16.2 Å². The summed E-state index contributed by atoms with van der Waals surface area (Å²) in [6.45, 7) is 12.2. The third-order valence-electron chi connectivity index (χ3n) is 5.87. The van der Waals surface area contributed by atoms with Gasteiger partial charge >= 0.3 is 0 Å². The van der Waals surface area contributed by atoms with Gasteiger partial charge in [-0.05, 0) is 42.3 Å². The molecule has 8 heteroatoms. The number of fused-ring (bicyclic) bond motifs is 2. The van der Waals surface area contributed by atoms with E-state index in [1.165, 1.54) is 11.1 Å². The van der Waals surface area contributed by atoms with Crippen LogP contribution in [0.15, 0.2) is 58.4 Å². The van der Waals surface area contributed by atoms with Gasteiger partial charge in [-0.25, -0.2) is 9.67 Å². The number of nitrogens with zero attached hydrogens (tertiary/aromatic N) is 4. The van der Waals surface area contributed by atoms with Gasteiger partial charge in [-0.15, -0.1) is 6.58 Å². The average Bonchev–Trinajstić information content (AvgIpc) is 3.38. The molecule has 0 saturated heterocycles. The van der Waals surface area contributed by atoms with E-state index in [1.54, 1.807) is 21.6 Å². The smallest absolute Gasteiger partial charge is 0.278 e. The first-order valence-corrected chi connectivity index (χ1v) is 11.1. The van der Waals surface area contributed by atoms with Gasteiger partial charge in [0.1, 0.15) is 11.1 Å². The summed E-state index contributed by atoms with van der Waals surface area (Å²) >= 11 is 0. The van der Waals surface area contributed by atoms with Crippen molar-refractivity contribution < 1.29 is 4.42 Å². The number of aromatic nitrogens is 4. The molecule has 3 aromatic heterocycles. The van der Waals surface area contributed by atoms with Crippen molar-refractivity contribution in [2.75, 3.05) is 11.9 Å². The van der Waals surface area contributed by atoms with E-state index in [0.29, 0.717) is 29.4 Å². The number of nitrogens with one attached hydrogen (secondary N) is 2. The Labute approximate surface area is 191 Å². The second-order valence-electron chi connectivity index (χ2n) is 9.34. The molecule has 0 amide bonds. The van der Waals surface area contributed by atoms with Gasteiger partial charge in [0, 0.05) is 29.9 Å². The maximum absolute atomic E-state index is 13.1. The molecule has 170 valence electrons. The molecule has 4 aromatic rings. The SMILES string of the molecule is C=CCn1c(=O)c2cnc(Nc3ccc4c(c3)CNCC4)nc2n1-c1ccc(C(C)(C)C)o1. The molecule has 0 spiro atoms. The van der Waals surface area contributed by atoms with Gasteiger partial charge in [0.2, 0.25) is 11.8 Å². The summed E-state index contributed by atoms with van der Waals surface area (Å²) in [4.78, 5) is 22.2. The molecule has 4 heterocycles. The van der Waals surface area contributed by atoms with Crippen LogP contribution in [0.4, 0.5) is 11.6 Å². The molecular formula is C25H28N6O2. The van der Waals surface area contributed by atoms with Crippen LogP contribution in [0.3, 0.4) is 0 Å². The highest BCUT2D eigenvalue weighted by Crippen LogP contribution is 2.28. The number of hydrogen-bond donors (Lipinski definition) is 2.